The fourth-order valence-electron chi connectivity index (χ4n) is 7.03. The molecule has 0 saturated carbocycles. The highest BCUT2D eigenvalue weighted by molar-refractivity contribution is 7.47. The van der Waals surface area contributed by atoms with Crippen LogP contribution in [0.25, 0.3) is 0 Å². The SMILES string of the molecule is CC/C=C\C/C=C\C/C=C\C/C=C\C/C=C\CC(=O)OCC(COP(=O)(O)OCC(CO)OC(=O)CCCCC/C=C\C/C=C\C/C=C\CC)OC(=O)CCCCCCCCC/C=C\CCCCCCCC. The van der Waals surface area contributed by atoms with E-state index in [-0.39, 0.29) is 19.3 Å². The van der Waals surface area contributed by atoms with E-state index in [0.717, 1.165) is 96.3 Å². The Morgan fingerprint density at radius 3 is 1.21 bits per heavy atom. The molecule has 0 aromatic heterocycles. The zero-order chi connectivity index (χ0) is 52.7. The number of ether oxygens (including phenoxy) is 3. The Morgan fingerprint density at radius 2 is 0.764 bits per heavy atom. The lowest BCUT2D eigenvalue weighted by molar-refractivity contribution is -0.161. The second-order valence-corrected chi connectivity index (χ2v) is 19.4. The minimum absolute atomic E-state index is 0.0129. The van der Waals surface area contributed by atoms with E-state index >= 15 is 0 Å². The zero-order valence-electron chi connectivity index (χ0n) is 45.1. The maximum absolute atomic E-state index is 12.9. The van der Waals surface area contributed by atoms with Gasteiger partial charge in [-0.25, -0.2) is 4.57 Å². The van der Waals surface area contributed by atoms with Crippen LogP contribution in [0.4, 0.5) is 0 Å². The second kappa shape index (κ2) is 53.4. The van der Waals surface area contributed by atoms with Crippen molar-refractivity contribution in [3.63, 3.8) is 0 Å². The minimum atomic E-state index is -4.78. The van der Waals surface area contributed by atoms with Crippen LogP contribution in [-0.2, 0) is 42.2 Å². The Labute approximate surface area is 437 Å². The standard InChI is InChI=1S/C60H99O11P/c1-4-7-10-13-16-19-22-25-27-28-30-33-36-39-42-45-48-51-60(64)71-57(53-67-58(62)49-46-43-40-37-34-32-29-26-23-20-17-14-11-8-5-2)55-69-72(65,66)68-54-56(52-61)70-59(63)50-47-44-41-38-35-31-24-21-18-15-12-9-6-3/h8-9,11-12,17-18,20-21,25-27,29,31,34-35,37,43,46,56-57,61H,4-7,10,13-16,19,22-24,28,30,32-33,36,38-42,44-45,47-55H2,1-3H3,(H,65,66)/b11-8-,12-9-,20-17-,21-18-,27-25-,29-26-,35-31-,37-34-,46-43-. The molecule has 0 heterocycles. The number of hydrogen-bond acceptors (Lipinski definition) is 10. The average molecular weight is 1030 g/mol. The summed E-state index contributed by atoms with van der Waals surface area (Å²) in [6, 6.07) is 0. The van der Waals surface area contributed by atoms with Crippen LogP contribution in [0, 0.1) is 0 Å². The van der Waals surface area contributed by atoms with Crippen molar-refractivity contribution < 1.29 is 52.2 Å². The van der Waals surface area contributed by atoms with Crippen LogP contribution >= 0.6 is 7.82 Å². The van der Waals surface area contributed by atoms with Gasteiger partial charge in [-0.3, -0.25) is 23.4 Å². The molecule has 0 fully saturated rings. The van der Waals surface area contributed by atoms with E-state index in [1.54, 1.807) is 6.08 Å². The summed E-state index contributed by atoms with van der Waals surface area (Å²) in [6.07, 6.45) is 63.7. The fourth-order valence-corrected chi connectivity index (χ4v) is 7.81. The smallest absolute Gasteiger partial charge is 0.461 e. The molecule has 0 aliphatic carbocycles. The van der Waals surface area contributed by atoms with E-state index in [4.69, 9.17) is 23.3 Å². The summed E-state index contributed by atoms with van der Waals surface area (Å²) < 4.78 is 39.3. The van der Waals surface area contributed by atoms with E-state index < -0.39 is 64.4 Å². The number of allylic oxidation sites excluding steroid dienone is 17. The summed E-state index contributed by atoms with van der Waals surface area (Å²) in [5.41, 5.74) is 0. The molecule has 0 rings (SSSR count). The number of phosphoric acid groups is 1. The van der Waals surface area contributed by atoms with Crippen molar-refractivity contribution in [1.82, 2.24) is 0 Å². The third-order valence-electron chi connectivity index (χ3n) is 11.2. The van der Waals surface area contributed by atoms with Crippen LogP contribution in [0.2, 0.25) is 0 Å². The Morgan fingerprint density at radius 1 is 0.417 bits per heavy atom. The number of esters is 3. The molecule has 0 aliphatic rings. The number of aliphatic hydroxyl groups is 1. The molecule has 12 heteroatoms. The molecule has 3 atom stereocenters. The number of phosphoric ester groups is 1. The first-order chi connectivity index (χ1) is 35.2. The summed E-state index contributed by atoms with van der Waals surface area (Å²) in [5.74, 6) is -1.66. The molecule has 0 aliphatic heterocycles. The van der Waals surface area contributed by atoms with Gasteiger partial charge in [0.15, 0.2) is 6.10 Å². The Bertz CT molecular complexity index is 1620. The van der Waals surface area contributed by atoms with Gasteiger partial charge in [0.25, 0.3) is 0 Å². The van der Waals surface area contributed by atoms with Crippen LogP contribution in [0.1, 0.15) is 213 Å². The maximum Gasteiger partial charge on any atom is 0.472 e. The van der Waals surface area contributed by atoms with Crippen LogP contribution in [0.5, 0.6) is 0 Å². The summed E-state index contributed by atoms with van der Waals surface area (Å²) in [5, 5.41) is 9.79. The quantitative estimate of drug-likeness (QED) is 0.0197. The molecule has 72 heavy (non-hydrogen) atoms. The Hall–Kier alpha value is -3.86. The number of hydrogen-bond donors (Lipinski definition) is 2. The molecule has 11 nitrogen and oxygen atoms in total. The monoisotopic (exact) mass is 1030 g/mol. The second-order valence-electron chi connectivity index (χ2n) is 18.0. The summed E-state index contributed by atoms with van der Waals surface area (Å²) in [7, 11) is -4.78. The number of rotatable bonds is 50. The van der Waals surface area contributed by atoms with Gasteiger partial charge < -0.3 is 24.2 Å². The Balaban J connectivity index is 4.88. The molecule has 0 radical (unpaired) electrons. The van der Waals surface area contributed by atoms with Gasteiger partial charge in [-0.1, -0.05) is 201 Å². The van der Waals surface area contributed by atoms with Crippen molar-refractivity contribution in [1.29, 1.82) is 0 Å². The van der Waals surface area contributed by atoms with Gasteiger partial charge >= 0.3 is 25.7 Å². The summed E-state index contributed by atoms with van der Waals surface area (Å²) in [4.78, 5) is 48.4. The van der Waals surface area contributed by atoms with E-state index in [2.05, 4.69) is 112 Å². The van der Waals surface area contributed by atoms with Crippen molar-refractivity contribution in [3.05, 3.63) is 109 Å². The normalized spacial score (nSPS) is 14.2. The molecule has 3 unspecified atom stereocenters. The van der Waals surface area contributed by atoms with Crippen molar-refractivity contribution >= 4 is 25.7 Å². The third kappa shape index (κ3) is 51.1. The lowest BCUT2D eigenvalue weighted by Crippen LogP contribution is -2.30. The molecule has 2 N–H and O–H groups in total. The first-order valence-electron chi connectivity index (χ1n) is 27.8. The third-order valence-corrected chi connectivity index (χ3v) is 12.1. The summed E-state index contributed by atoms with van der Waals surface area (Å²) >= 11 is 0. The van der Waals surface area contributed by atoms with E-state index in [1.165, 1.54) is 57.8 Å². The van der Waals surface area contributed by atoms with Gasteiger partial charge in [-0.2, -0.15) is 0 Å². The highest BCUT2D eigenvalue weighted by atomic mass is 31.2. The Kier molecular flexibility index (Phi) is 50.6. The van der Waals surface area contributed by atoms with Crippen LogP contribution in [0.15, 0.2) is 109 Å². The van der Waals surface area contributed by atoms with Crippen molar-refractivity contribution in [3.8, 4) is 0 Å². The molecule has 0 spiro atoms. The van der Waals surface area contributed by atoms with E-state index in [9.17, 15) is 28.9 Å². The predicted octanol–water partition coefficient (Wildman–Crippen LogP) is 16.2. The van der Waals surface area contributed by atoms with Crippen LogP contribution < -0.4 is 0 Å². The number of unbranched alkanes of at least 4 members (excludes halogenated alkanes) is 16. The first-order valence-corrected chi connectivity index (χ1v) is 29.3. The molecular formula is C60H99O11P. The highest BCUT2D eigenvalue weighted by Crippen LogP contribution is 2.43. The summed E-state index contributed by atoms with van der Waals surface area (Å²) in [6.45, 7) is 4.24. The van der Waals surface area contributed by atoms with Gasteiger partial charge in [0.2, 0.25) is 0 Å². The van der Waals surface area contributed by atoms with E-state index in [0.29, 0.717) is 19.3 Å². The largest absolute Gasteiger partial charge is 0.472 e. The highest BCUT2D eigenvalue weighted by Gasteiger charge is 2.28. The average Bonchev–Trinajstić information content (AvgIpc) is 3.37. The van der Waals surface area contributed by atoms with Crippen molar-refractivity contribution in [2.45, 2.75) is 226 Å². The number of aliphatic hydroxyl groups excluding tert-OH is 1. The zero-order valence-corrected chi connectivity index (χ0v) is 46.0. The molecule has 0 bridgehead atoms. The predicted molar refractivity (Wildman–Crippen MR) is 297 cm³/mol. The first kappa shape index (κ1) is 68.1. The maximum atomic E-state index is 12.9. The molecule has 0 amide bonds. The minimum Gasteiger partial charge on any atom is -0.461 e. The fraction of sp³-hybridized carbons (Fsp3) is 0.650. The molecule has 410 valence electrons. The molecule has 0 aromatic rings. The van der Waals surface area contributed by atoms with Crippen molar-refractivity contribution in [2.24, 2.45) is 0 Å². The van der Waals surface area contributed by atoms with Crippen LogP contribution in [0.3, 0.4) is 0 Å². The molecule has 0 aromatic carbocycles. The van der Waals surface area contributed by atoms with Gasteiger partial charge in [0.05, 0.1) is 26.2 Å². The number of carbonyl (C=O) groups excluding carboxylic acids is 3. The lowest BCUT2D eigenvalue weighted by Gasteiger charge is -2.21. The molecule has 0 saturated heterocycles. The van der Waals surface area contributed by atoms with Gasteiger partial charge in [-0.15, -0.1) is 0 Å². The van der Waals surface area contributed by atoms with Gasteiger partial charge in [0.1, 0.15) is 12.7 Å². The topological polar surface area (TPSA) is 155 Å². The van der Waals surface area contributed by atoms with Gasteiger partial charge in [-0.05, 0) is 103 Å². The molecular weight excluding hydrogens is 928 g/mol. The van der Waals surface area contributed by atoms with Crippen molar-refractivity contribution in [2.75, 3.05) is 26.4 Å². The lowest BCUT2D eigenvalue weighted by atomic mass is 10.1. The van der Waals surface area contributed by atoms with Crippen LogP contribution in [-0.4, -0.2) is 66.5 Å². The number of carbonyl (C=O) groups is 3. The van der Waals surface area contributed by atoms with Gasteiger partial charge in [0, 0.05) is 12.8 Å². The van der Waals surface area contributed by atoms with E-state index in [1.807, 2.05) is 12.2 Å².